The highest BCUT2D eigenvalue weighted by atomic mass is 16.6. The fourth-order valence-corrected chi connectivity index (χ4v) is 2.81. The average molecular weight is 287 g/mol. The average Bonchev–Trinajstić information content (AvgIpc) is 2.89. The van der Waals surface area contributed by atoms with Crippen LogP contribution < -0.4 is 0 Å². The van der Waals surface area contributed by atoms with Crippen molar-refractivity contribution < 1.29 is 19.1 Å². The fraction of sp³-hybridized carbons (Fsp3) is 0.375. The van der Waals surface area contributed by atoms with Gasteiger partial charge in [0.15, 0.2) is 6.61 Å². The SMILES string of the molecule is COC(=O)COC(=O)c1ccc2c3c([nH]c2c1)CCCC3. The number of hydrogen-bond donors (Lipinski definition) is 1. The number of methoxy groups -OCH3 is 1. The maximum absolute atomic E-state index is 11.9. The first-order valence-electron chi connectivity index (χ1n) is 7.06. The Labute approximate surface area is 122 Å². The van der Waals surface area contributed by atoms with Gasteiger partial charge in [-0.15, -0.1) is 0 Å². The van der Waals surface area contributed by atoms with Gasteiger partial charge >= 0.3 is 11.9 Å². The smallest absolute Gasteiger partial charge is 0.344 e. The summed E-state index contributed by atoms with van der Waals surface area (Å²) in [6.07, 6.45) is 4.56. The van der Waals surface area contributed by atoms with E-state index < -0.39 is 11.9 Å². The van der Waals surface area contributed by atoms with Gasteiger partial charge in [0.2, 0.25) is 0 Å². The molecule has 0 saturated carbocycles. The van der Waals surface area contributed by atoms with Crippen LogP contribution in [-0.2, 0) is 27.1 Å². The van der Waals surface area contributed by atoms with Gasteiger partial charge in [-0.3, -0.25) is 0 Å². The molecule has 0 aliphatic heterocycles. The van der Waals surface area contributed by atoms with E-state index in [1.165, 1.54) is 36.6 Å². The standard InChI is InChI=1S/C16H17NO4/c1-20-15(18)9-21-16(19)10-6-7-12-11-4-2-3-5-13(11)17-14(12)8-10/h6-8,17H,2-5,9H2,1H3. The molecule has 1 aromatic heterocycles. The summed E-state index contributed by atoms with van der Waals surface area (Å²) in [4.78, 5) is 26.3. The summed E-state index contributed by atoms with van der Waals surface area (Å²) in [6, 6.07) is 5.47. The summed E-state index contributed by atoms with van der Waals surface area (Å²) in [5, 5.41) is 1.18. The van der Waals surface area contributed by atoms with Gasteiger partial charge in [0.25, 0.3) is 0 Å². The van der Waals surface area contributed by atoms with E-state index in [0.717, 1.165) is 18.4 Å². The quantitative estimate of drug-likeness (QED) is 0.880. The Kier molecular flexibility index (Phi) is 3.64. The maximum Gasteiger partial charge on any atom is 0.344 e. The molecule has 1 heterocycles. The molecule has 0 amide bonds. The number of aromatic nitrogens is 1. The third kappa shape index (κ3) is 2.63. The number of carbonyl (C=O) groups is 2. The summed E-state index contributed by atoms with van der Waals surface area (Å²) in [6.45, 7) is -0.366. The fourth-order valence-electron chi connectivity index (χ4n) is 2.81. The van der Waals surface area contributed by atoms with Crippen LogP contribution in [-0.4, -0.2) is 30.6 Å². The second-order valence-electron chi connectivity index (χ2n) is 5.20. The van der Waals surface area contributed by atoms with E-state index in [1.54, 1.807) is 12.1 Å². The molecule has 1 aliphatic rings. The second-order valence-corrected chi connectivity index (χ2v) is 5.20. The first-order chi connectivity index (χ1) is 10.2. The van der Waals surface area contributed by atoms with Gasteiger partial charge in [0.05, 0.1) is 12.7 Å². The number of ether oxygens (including phenoxy) is 2. The summed E-state index contributed by atoms with van der Waals surface area (Å²) in [7, 11) is 1.26. The third-order valence-corrected chi connectivity index (χ3v) is 3.88. The molecule has 0 atom stereocenters. The molecule has 1 aliphatic carbocycles. The van der Waals surface area contributed by atoms with Crippen molar-refractivity contribution in [1.82, 2.24) is 4.98 Å². The number of hydrogen-bond acceptors (Lipinski definition) is 4. The van der Waals surface area contributed by atoms with Crippen LogP contribution in [0.4, 0.5) is 0 Å². The molecule has 1 N–H and O–H groups in total. The molecule has 0 radical (unpaired) electrons. The number of aromatic amines is 1. The molecule has 0 spiro atoms. The van der Waals surface area contributed by atoms with Crippen molar-refractivity contribution in [2.45, 2.75) is 25.7 Å². The molecule has 3 rings (SSSR count). The zero-order valence-corrected chi connectivity index (χ0v) is 11.9. The minimum Gasteiger partial charge on any atom is -0.466 e. The minimum absolute atomic E-state index is 0.366. The van der Waals surface area contributed by atoms with Crippen molar-refractivity contribution in [3.8, 4) is 0 Å². The Morgan fingerprint density at radius 2 is 2.05 bits per heavy atom. The topological polar surface area (TPSA) is 68.4 Å². The molecular formula is C16H17NO4. The Bertz CT molecular complexity index is 702. The lowest BCUT2D eigenvalue weighted by atomic mass is 9.95. The van der Waals surface area contributed by atoms with Gasteiger partial charge in [0.1, 0.15) is 0 Å². The number of benzene rings is 1. The second kappa shape index (κ2) is 5.60. The van der Waals surface area contributed by atoms with Gasteiger partial charge in [-0.05, 0) is 43.4 Å². The summed E-state index contributed by atoms with van der Waals surface area (Å²) >= 11 is 0. The van der Waals surface area contributed by atoms with E-state index in [0.29, 0.717) is 5.56 Å². The molecule has 5 heteroatoms. The molecule has 0 bridgehead atoms. The summed E-state index contributed by atoms with van der Waals surface area (Å²) < 4.78 is 9.34. The third-order valence-electron chi connectivity index (χ3n) is 3.88. The van der Waals surface area contributed by atoms with Crippen LogP contribution in [0.3, 0.4) is 0 Å². The zero-order chi connectivity index (χ0) is 14.8. The van der Waals surface area contributed by atoms with Crippen LogP contribution in [0.15, 0.2) is 18.2 Å². The number of aryl methyl sites for hydroxylation is 2. The number of esters is 2. The van der Waals surface area contributed by atoms with Crippen LogP contribution >= 0.6 is 0 Å². The van der Waals surface area contributed by atoms with E-state index >= 15 is 0 Å². The number of fused-ring (bicyclic) bond motifs is 3. The Hall–Kier alpha value is -2.30. The number of H-pyrrole nitrogens is 1. The number of nitrogens with one attached hydrogen (secondary N) is 1. The van der Waals surface area contributed by atoms with E-state index in [1.807, 2.05) is 6.07 Å². The molecule has 2 aromatic rings. The number of rotatable bonds is 3. The Morgan fingerprint density at radius 1 is 1.24 bits per heavy atom. The first kappa shape index (κ1) is 13.7. The van der Waals surface area contributed by atoms with E-state index in [-0.39, 0.29) is 6.61 Å². The van der Waals surface area contributed by atoms with Crippen molar-refractivity contribution in [1.29, 1.82) is 0 Å². The van der Waals surface area contributed by atoms with Crippen LogP contribution in [0.25, 0.3) is 10.9 Å². The van der Waals surface area contributed by atoms with Crippen molar-refractivity contribution in [2.75, 3.05) is 13.7 Å². The highest BCUT2D eigenvalue weighted by Crippen LogP contribution is 2.29. The van der Waals surface area contributed by atoms with Crippen LogP contribution in [0.1, 0.15) is 34.5 Å². The zero-order valence-electron chi connectivity index (χ0n) is 11.9. The minimum atomic E-state index is -0.570. The van der Waals surface area contributed by atoms with Crippen molar-refractivity contribution in [3.63, 3.8) is 0 Å². The largest absolute Gasteiger partial charge is 0.466 e. The normalized spacial score (nSPS) is 13.8. The predicted molar refractivity (Wildman–Crippen MR) is 77.2 cm³/mol. The molecule has 0 unspecified atom stereocenters. The summed E-state index contributed by atoms with van der Waals surface area (Å²) in [5.41, 5.74) is 4.03. The Morgan fingerprint density at radius 3 is 2.86 bits per heavy atom. The predicted octanol–water partition coefficient (Wildman–Crippen LogP) is 2.38. The summed E-state index contributed by atoms with van der Waals surface area (Å²) in [5.74, 6) is -1.09. The molecule has 1 aromatic carbocycles. The van der Waals surface area contributed by atoms with Crippen LogP contribution in [0.2, 0.25) is 0 Å². The van der Waals surface area contributed by atoms with Crippen molar-refractivity contribution >= 4 is 22.8 Å². The first-order valence-corrected chi connectivity index (χ1v) is 7.06. The van der Waals surface area contributed by atoms with Gasteiger partial charge in [-0.25, -0.2) is 9.59 Å². The molecule has 0 saturated heterocycles. The van der Waals surface area contributed by atoms with Crippen molar-refractivity contribution in [3.05, 3.63) is 35.0 Å². The monoisotopic (exact) mass is 287 g/mol. The number of carbonyl (C=O) groups excluding carboxylic acids is 2. The highest BCUT2D eigenvalue weighted by Gasteiger charge is 2.17. The van der Waals surface area contributed by atoms with E-state index in [2.05, 4.69) is 9.72 Å². The van der Waals surface area contributed by atoms with Crippen molar-refractivity contribution in [2.24, 2.45) is 0 Å². The maximum atomic E-state index is 11.9. The van der Waals surface area contributed by atoms with E-state index in [4.69, 9.17) is 4.74 Å². The molecule has 21 heavy (non-hydrogen) atoms. The Balaban J connectivity index is 1.84. The highest BCUT2D eigenvalue weighted by molar-refractivity contribution is 5.96. The molecule has 0 fully saturated rings. The van der Waals surface area contributed by atoms with Crippen LogP contribution in [0, 0.1) is 0 Å². The lowest BCUT2D eigenvalue weighted by molar-refractivity contribution is -0.144. The molecular weight excluding hydrogens is 270 g/mol. The van der Waals surface area contributed by atoms with Crippen LogP contribution in [0.5, 0.6) is 0 Å². The van der Waals surface area contributed by atoms with Gasteiger partial charge < -0.3 is 14.5 Å². The molecule has 110 valence electrons. The van der Waals surface area contributed by atoms with Gasteiger partial charge in [-0.2, -0.15) is 0 Å². The van der Waals surface area contributed by atoms with Gasteiger partial charge in [0, 0.05) is 16.6 Å². The lowest BCUT2D eigenvalue weighted by Gasteiger charge is -2.10. The van der Waals surface area contributed by atoms with E-state index in [9.17, 15) is 9.59 Å². The molecule has 5 nitrogen and oxygen atoms in total. The van der Waals surface area contributed by atoms with Gasteiger partial charge in [-0.1, -0.05) is 6.07 Å². The lowest BCUT2D eigenvalue weighted by Crippen LogP contribution is -2.15.